The molecular weight excluding hydrogens is 620 g/mol. The lowest BCUT2D eigenvalue weighted by atomic mass is 10.1. The number of benzene rings is 2. The number of esters is 1. The normalized spacial score (nSPS) is 12.8. The van der Waals surface area contributed by atoms with Crippen molar-refractivity contribution in [1.82, 2.24) is 24.7 Å². The van der Waals surface area contributed by atoms with Crippen molar-refractivity contribution in [2.45, 2.75) is 33.1 Å². The van der Waals surface area contributed by atoms with Crippen molar-refractivity contribution in [3.63, 3.8) is 0 Å². The molecule has 13 nitrogen and oxygen atoms in total. The summed E-state index contributed by atoms with van der Waals surface area (Å²) in [6.45, 7) is 4.87. The van der Waals surface area contributed by atoms with Crippen LogP contribution >= 0.6 is 11.3 Å². The summed E-state index contributed by atoms with van der Waals surface area (Å²) in [5, 5.41) is 10.9. The van der Waals surface area contributed by atoms with Gasteiger partial charge in [0.1, 0.15) is 11.6 Å². The van der Waals surface area contributed by atoms with Crippen molar-refractivity contribution in [1.29, 1.82) is 0 Å². The fraction of sp³-hybridized carbons (Fsp3) is 0.242. The molecule has 2 N–H and O–H groups in total. The van der Waals surface area contributed by atoms with Gasteiger partial charge < -0.3 is 14.8 Å². The Labute approximate surface area is 274 Å². The van der Waals surface area contributed by atoms with E-state index in [-0.39, 0.29) is 11.9 Å². The Morgan fingerprint density at radius 1 is 1.00 bits per heavy atom. The minimum absolute atomic E-state index is 0.109. The van der Waals surface area contributed by atoms with E-state index in [1.54, 1.807) is 58.2 Å². The number of ether oxygens (including phenoxy) is 2. The molecule has 0 spiro atoms. The molecule has 3 amide bonds. The molecule has 1 aliphatic heterocycles. The molecule has 240 valence electrons. The number of hydrogen-bond acceptors (Lipinski definition) is 10. The van der Waals surface area contributed by atoms with Crippen LogP contribution in [0.3, 0.4) is 0 Å². The number of carbonyl (C=O) groups excluding carboxylic acids is 3. The van der Waals surface area contributed by atoms with E-state index in [0.717, 1.165) is 22.6 Å². The number of carbonyl (C=O) groups is 3. The summed E-state index contributed by atoms with van der Waals surface area (Å²) in [7, 11) is 1.32. The van der Waals surface area contributed by atoms with Gasteiger partial charge >= 0.3 is 18.0 Å². The number of anilines is 3. The monoisotopic (exact) mass is 652 g/mol. The Morgan fingerprint density at radius 2 is 1.79 bits per heavy atom. The molecule has 0 unspecified atom stereocenters. The van der Waals surface area contributed by atoms with E-state index in [0.29, 0.717) is 58.9 Å². The lowest BCUT2D eigenvalue weighted by Gasteiger charge is -2.11. The Hall–Kier alpha value is -5.63. The second kappa shape index (κ2) is 13.8. The van der Waals surface area contributed by atoms with Gasteiger partial charge in [-0.15, -0.1) is 0 Å². The molecular formula is C33H32N8O5S. The highest BCUT2D eigenvalue weighted by atomic mass is 32.1. The maximum Gasteiger partial charge on any atom is 0.337 e. The third kappa shape index (κ3) is 7.44. The van der Waals surface area contributed by atoms with Gasteiger partial charge in [0.05, 0.1) is 47.0 Å². The number of amides is 3. The topological polar surface area (TPSA) is 153 Å². The summed E-state index contributed by atoms with van der Waals surface area (Å²) in [6, 6.07) is 15.6. The van der Waals surface area contributed by atoms with Crippen molar-refractivity contribution in [2.75, 3.05) is 29.2 Å². The zero-order valence-electron chi connectivity index (χ0n) is 26.0. The van der Waals surface area contributed by atoms with Crippen LogP contribution in [0.2, 0.25) is 0 Å². The predicted molar refractivity (Wildman–Crippen MR) is 177 cm³/mol. The third-order valence-corrected chi connectivity index (χ3v) is 8.23. The molecule has 0 saturated carbocycles. The molecule has 47 heavy (non-hydrogen) atoms. The van der Waals surface area contributed by atoms with Gasteiger partial charge in [-0.1, -0.05) is 31.3 Å². The number of nitrogens with zero attached hydrogens (tertiary/aromatic N) is 6. The van der Waals surface area contributed by atoms with E-state index in [9.17, 15) is 14.4 Å². The van der Waals surface area contributed by atoms with Crippen LogP contribution in [0.4, 0.5) is 21.4 Å². The maximum absolute atomic E-state index is 13.0. The summed E-state index contributed by atoms with van der Waals surface area (Å²) in [6.07, 6.45) is 6.77. The molecule has 4 heterocycles. The molecule has 6 rings (SSSR count). The molecule has 3 aromatic heterocycles. The first-order valence-corrected chi connectivity index (χ1v) is 15.8. The molecule has 0 bridgehead atoms. The van der Waals surface area contributed by atoms with E-state index in [4.69, 9.17) is 9.47 Å². The quantitative estimate of drug-likeness (QED) is 0.165. The second-order valence-electron chi connectivity index (χ2n) is 11.2. The molecule has 5 aromatic rings. The van der Waals surface area contributed by atoms with Crippen LogP contribution in [-0.4, -0.2) is 56.3 Å². The summed E-state index contributed by atoms with van der Waals surface area (Å²) in [5.74, 6) is 0.938. The summed E-state index contributed by atoms with van der Waals surface area (Å²) in [4.78, 5) is 52.7. The number of urea groups is 1. The lowest BCUT2D eigenvalue weighted by molar-refractivity contribution is -0.117. The predicted octanol–water partition coefficient (Wildman–Crippen LogP) is 6.33. The number of nitrogens with one attached hydrogen (secondary N) is 2. The zero-order valence-corrected chi connectivity index (χ0v) is 26.8. The lowest BCUT2D eigenvalue weighted by Crippen LogP contribution is -2.23. The molecule has 0 aliphatic carbocycles. The van der Waals surface area contributed by atoms with Crippen molar-refractivity contribution in [2.24, 2.45) is 5.92 Å². The molecule has 0 radical (unpaired) electrons. The summed E-state index contributed by atoms with van der Waals surface area (Å²) in [5.41, 5.74) is 3.04. The first kappa shape index (κ1) is 31.4. The average molecular weight is 653 g/mol. The minimum atomic E-state index is -0.528. The van der Waals surface area contributed by atoms with E-state index in [1.807, 2.05) is 12.1 Å². The minimum Gasteiger partial charge on any atom is -0.465 e. The standard InChI is InChI=1S/C33H32N8O5S/c1-20(2)14-23-16-28(41(39-23)25-7-4-6-22(15-25)30(43)45-3)38-31(44)37-24-17-34-32(35-18-24)46-26-11-9-21(10-12-26)27-19-36-33(47-27)40-13-5-8-29(40)42/h4,6-7,9-12,15-20H,5,8,13-14H2,1-3H3,(H2,37,38,44). The van der Waals surface area contributed by atoms with Gasteiger partial charge in [-0.25, -0.2) is 29.2 Å². The van der Waals surface area contributed by atoms with E-state index in [1.165, 1.54) is 30.8 Å². The van der Waals surface area contributed by atoms with Crippen LogP contribution in [0, 0.1) is 5.92 Å². The van der Waals surface area contributed by atoms with Crippen molar-refractivity contribution >= 4 is 45.9 Å². The Morgan fingerprint density at radius 3 is 2.49 bits per heavy atom. The van der Waals surface area contributed by atoms with Gasteiger partial charge in [0.25, 0.3) is 0 Å². The molecule has 1 aliphatic rings. The highest BCUT2D eigenvalue weighted by Crippen LogP contribution is 2.34. The Kier molecular flexibility index (Phi) is 9.20. The first-order valence-electron chi connectivity index (χ1n) is 15.0. The van der Waals surface area contributed by atoms with Gasteiger partial charge in [-0.05, 0) is 66.8 Å². The molecule has 0 atom stereocenters. The maximum atomic E-state index is 13.0. The second-order valence-corrected chi connectivity index (χ2v) is 12.2. The number of aromatic nitrogens is 5. The highest BCUT2D eigenvalue weighted by Gasteiger charge is 2.24. The van der Waals surface area contributed by atoms with Crippen LogP contribution in [0.1, 0.15) is 42.7 Å². The largest absolute Gasteiger partial charge is 0.465 e. The first-order chi connectivity index (χ1) is 22.7. The number of hydrogen-bond donors (Lipinski definition) is 2. The van der Waals surface area contributed by atoms with Crippen LogP contribution in [-0.2, 0) is 16.0 Å². The van der Waals surface area contributed by atoms with Crippen LogP contribution in [0.5, 0.6) is 11.8 Å². The zero-order chi connectivity index (χ0) is 32.9. The number of thiazole rings is 1. The van der Waals surface area contributed by atoms with E-state index >= 15 is 0 Å². The van der Waals surface area contributed by atoms with Crippen LogP contribution < -0.4 is 20.3 Å². The summed E-state index contributed by atoms with van der Waals surface area (Å²) >= 11 is 1.48. The fourth-order valence-electron chi connectivity index (χ4n) is 4.99. The van der Waals surface area contributed by atoms with Gasteiger partial charge in [0.15, 0.2) is 5.13 Å². The Balaban J connectivity index is 1.09. The van der Waals surface area contributed by atoms with Gasteiger partial charge in [-0.2, -0.15) is 5.10 Å². The van der Waals surface area contributed by atoms with Gasteiger partial charge in [0.2, 0.25) is 5.91 Å². The summed E-state index contributed by atoms with van der Waals surface area (Å²) < 4.78 is 12.2. The van der Waals surface area contributed by atoms with Gasteiger partial charge in [0, 0.05) is 25.2 Å². The van der Waals surface area contributed by atoms with Gasteiger partial charge in [-0.3, -0.25) is 15.0 Å². The van der Waals surface area contributed by atoms with Crippen LogP contribution in [0.15, 0.2) is 73.2 Å². The fourth-order valence-corrected chi connectivity index (χ4v) is 5.96. The third-order valence-electron chi connectivity index (χ3n) is 7.16. The highest BCUT2D eigenvalue weighted by molar-refractivity contribution is 7.19. The Bertz CT molecular complexity index is 1900. The van der Waals surface area contributed by atoms with Crippen molar-refractivity contribution in [3.05, 3.63) is 84.4 Å². The number of methoxy groups -OCH3 is 1. The molecule has 1 fully saturated rings. The molecule has 2 aromatic carbocycles. The van der Waals surface area contributed by atoms with Crippen LogP contribution in [0.25, 0.3) is 16.1 Å². The van der Waals surface area contributed by atoms with Crippen molar-refractivity contribution in [3.8, 4) is 27.9 Å². The molecule has 14 heteroatoms. The number of rotatable bonds is 10. The van der Waals surface area contributed by atoms with E-state index < -0.39 is 12.0 Å². The molecule has 1 saturated heterocycles. The average Bonchev–Trinajstić information content (AvgIpc) is 3.82. The SMILES string of the molecule is COC(=O)c1cccc(-n2nc(CC(C)C)cc2NC(=O)Nc2cnc(Oc3ccc(-c4cnc(N5CCCC5=O)s4)cc3)nc2)c1. The van der Waals surface area contributed by atoms with E-state index in [2.05, 4.69) is 44.5 Å². The smallest absolute Gasteiger partial charge is 0.337 e. The van der Waals surface area contributed by atoms with Crippen molar-refractivity contribution < 1.29 is 23.9 Å².